The number of hydrogen-bond acceptors (Lipinski definition) is 4. The van der Waals surface area contributed by atoms with Gasteiger partial charge in [0.2, 0.25) is 0 Å². The molecule has 0 aliphatic carbocycles. The Labute approximate surface area is 101 Å². The number of nitrogens with one attached hydrogen (secondary N) is 3. The van der Waals surface area contributed by atoms with Gasteiger partial charge in [0, 0.05) is 12.6 Å². The van der Waals surface area contributed by atoms with Crippen LogP contribution in [0.1, 0.15) is 13.8 Å². The summed E-state index contributed by atoms with van der Waals surface area (Å²) in [4.78, 5) is 11.4. The van der Waals surface area contributed by atoms with E-state index in [0.29, 0.717) is 18.2 Å². The predicted octanol–water partition coefficient (Wildman–Crippen LogP) is 1.60. The lowest BCUT2D eigenvalue weighted by atomic mass is 10.4. The first-order chi connectivity index (χ1) is 8.11. The molecule has 0 fully saturated rings. The second-order valence-electron chi connectivity index (χ2n) is 3.73. The van der Waals surface area contributed by atoms with E-state index < -0.39 is 0 Å². The molecule has 0 atom stereocenters. The highest BCUT2D eigenvalue weighted by molar-refractivity contribution is 5.88. The van der Waals surface area contributed by atoms with E-state index in [4.69, 9.17) is 0 Å². The number of hydrogen-bond donors (Lipinski definition) is 3. The van der Waals surface area contributed by atoms with Crippen molar-refractivity contribution in [3.8, 4) is 0 Å². The molecule has 0 spiro atoms. The van der Waals surface area contributed by atoms with Crippen LogP contribution >= 0.6 is 0 Å². The summed E-state index contributed by atoms with van der Waals surface area (Å²) in [6.45, 7) is 7.97. The summed E-state index contributed by atoms with van der Waals surface area (Å²) < 4.78 is 0. The Bertz CT molecular complexity index is 374. The first kappa shape index (κ1) is 13.0. The number of rotatable bonds is 5. The van der Waals surface area contributed by atoms with Gasteiger partial charge in [-0.15, -0.1) is 16.8 Å². The minimum absolute atomic E-state index is 0.0801. The van der Waals surface area contributed by atoms with Crippen LogP contribution in [0.2, 0.25) is 0 Å². The maximum absolute atomic E-state index is 11.4. The first-order valence-corrected chi connectivity index (χ1v) is 5.38. The fourth-order valence-corrected chi connectivity index (χ4v) is 1.08. The van der Waals surface area contributed by atoms with Gasteiger partial charge in [-0.05, 0) is 26.0 Å². The van der Waals surface area contributed by atoms with Crippen LogP contribution in [0.25, 0.3) is 0 Å². The fourth-order valence-electron chi connectivity index (χ4n) is 1.08. The third kappa shape index (κ3) is 4.96. The van der Waals surface area contributed by atoms with Crippen LogP contribution in [0.15, 0.2) is 24.8 Å². The van der Waals surface area contributed by atoms with Crippen molar-refractivity contribution >= 4 is 17.7 Å². The Balaban J connectivity index is 2.50. The molecule has 0 radical (unpaired) electrons. The van der Waals surface area contributed by atoms with Gasteiger partial charge >= 0.3 is 6.03 Å². The lowest BCUT2D eigenvalue weighted by molar-refractivity contribution is 0.250. The molecule has 0 bridgehead atoms. The highest BCUT2D eigenvalue weighted by Crippen LogP contribution is 2.05. The molecule has 6 nitrogen and oxygen atoms in total. The lowest BCUT2D eigenvalue weighted by Crippen LogP contribution is -2.34. The summed E-state index contributed by atoms with van der Waals surface area (Å²) in [6.07, 6.45) is 1.73. The molecule has 1 rings (SSSR count). The number of amides is 2. The zero-order chi connectivity index (χ0) is 12.7. The minimum Gasteiger partial charge on any atom is -0.365 e. The molecule has 3 N–H and O–H groups in total. The molecule has 2 amide bonds. The lowest BCUT2D eigenvalue weighted by Gasteiger charge is -2.09. The van der Waals surface area contributed by atoms with Crippen molar-refractivity contribution in [2.75, 3.05) is 17.2 Å². The van der Waals surface area contributed by atoms with E-state index in [2.05, 4.69) is 32.7 Å². The summed E-state index contributed by atoms with van der Waals surface area (Å²) in [5.74, 6) is 1.05. The minimum atomic E-state index is -0.291. The fraction of sp³-hybridized carbons (Fsp3) is 0.364. The van der Waals surface area contributed by atoms with E-state index in [1.165, 1.54) is 0 Å². The standard InChI is InChI=1S/C11H17N5O/c1-4-7-12-9-5-6-10(16-15-9)14-11(17)13-8(2)3/h4-6,8H,1,7H2,2-3H3,(H,12,15)(H2,13,14,16,17). The second-order valence-corrected chi connectivity index (χ2v) is 3.73. The third-order valence-electron chi connectivity index (χ3n) is 1.75. The van der Waals surface area contributed by atoms with Gasteiger partial charge in [-0.1, -0.05) is 6.08 Å². The Morgan fingerprint density at radius 2 is 2.06 bits per heavy atom. The maximum Gasteiger partial charge on any atom is 0.320 e. The summed E-state index contributed by atoms with van der Waals surface area (Å²) in [7, 11) is 0. The van der Waals surface area contributed by atoms with Crippen molar-refractivity contribution in [2.24, 2.45) is 0 Å². The van der Waals surface area contributed by atoms with Crippen molar-refractivity contribution in [1.29, 1.82) is 0 Å². The Morgan fingerprint density at radius 3 is 2.59 bits per heavy atom. The van der Waals surface area contributed by atoms with Gasteiger partial charge in [0.15, 0.2) is 5.82 Å². The third-order valence-corrected chi connectivity index (χ3v) is 1.75. The van der Waals surface area contributed by atoms with E-state index in [-0.39, 0.29) is 12.1 Å². The molecule has 1 aromatic rings. The topological polar surface area (TPSA) is 78.9 Å². The number of aromatic nitrogens is 2. The van der Waals surface area contributed by atoms with Crippen LogP contribution in [0.5, 0.6) is 0 Å². The van der Waals surface area contributed by atoms with Gasteiger partial charge in [-0.2, -0.15) is 0 Å². The molecular weight excluding hydrogens is 218 g/mol. The van der Waals surface area contributed by atoms with Crippen LogP contribution in [0.3, 0.4) is 0 Å². The van der Waals surface area contributed by atoms with E-state index in [1.54, 1.807) is 18.2 Å². The predicted molar refractivity (Wildman–Crippen MR) is 68.0 cm³/mol. The van der Waals surface area contributed by atoms with Gasteiger partial charge in [0.1, 0.15) is 5.82 Å². The van der Waals surface area contributed by atoms with Crippen molar-refractivity contribution in [2.45, 2.75) is 19.9 Å². The smallest absolute Gasteiger partial charge is 0.320 e. The summed E-state index contributed by atoms with van der Waals surface area (Å²) in [5.41, 5.74) is 0. The summed E-state index contributed by atoms with van der Waals surface area (Å²) in [6, 6.07) is 3.21. The first-order valence-electron chi connectivity index (χ1n) is 5.38. The number of nitrogens with zero attached hydrogens (tertiary/aromatic N) is 2. The zero-order valence-electron chi connectivity index (χ0n) is 10.0. The van der Waals surface area contributed by atoms with Gasteiger partial charge < -0.3 is 10.6 Å². The Kier molecular flexibility index (Phi) is 4.93. The Hall–Kier alpha value is -2.11. The molecule has 0 aliphatic rings. The quantitative estimate of drug-likeness (QED) is 0.677. The van der Waals surface area contributed by atoms with Crippen molar-refractivity contribution in [3.05, 3.63) is 24.8 Å². The maximum atomic E-state index is 11.4. The molecule has 0 aromatic carbocycles. The molecule has 0 unspecified atom stereocenters. The van der Waals surface area contributed by atoms with Gasteiger partial charge in [0.25, 0.3) is 0 Å². The van der Waals surface area contributed by atoms with Crippen LogP contribution in [-0.2, 0) is 0 Å². The zero-order valence-corrected chi connectivity index (χ0v) is 10.0. The summed E-state index contributed by atoms with van der Waals surface area (Å²) >= 11 is 0. The van der Waals surface area contributed by atoms with Crippen LogP contribution < -0.4 is 16.0 Å². The number of anilines is 2. The summed E-state index contributed by atoms with van der Waals surface area (Å²) in [5, 5.41) is 16.0. The van der Waals surface area contributed by atoms with Crippen LogP contribution in [-0.4, -0.2) is 28.8 Å². The normalized spacial score (nSPS) is 9.82. The largest absolute Gasteiger partial charge is 0.365 e. The van der Waals surface area contributed by atoms with Crippen LogP contribution in [0, 0.1) is 0 Å². The molecular formula is C11H17N5O. The molecule has 17 heavy (non-hydrogen) atoms. The molecule has 0 aliphatic heterocycles. The molecule has 1 aromatic heterocycles. The van der Waals surface area contributed by atoms with E-state index in [9.17, 15) is 4.79 Å². The molecule has 1 heterocycles. The molecule has 0 saturated heterocycles. The van der Waals surface area contributed by atoms with Crippen molar-refractivity contribution < 1.29 is 4.79 Å². The second kappa shape index (κ2) is 6.47. The van der Waals surface area contributed by atoms with E-state index in [1.807, 2.05) is 13.8 Å². The molecule has 6 heteroatoms. The van der Waals surface area contributed by atoms with E-state index >= 15 is 0 Å². The van der Waals surface area contributed by atoms with Gasteiger partial charge in [-0.25, -0.2) is 4.79 Å². The molecule has 0 saturated carbocycles. The number of carbonyl (C=O) groups is 1. The van der Waals surface area contributed by atoms with Gasteiger partial charge in [-0.3, -0.25) is 5.32 Å². The highest BCUT2D eigenvalue weighted by atomic mass is 16.2. The number of urea groups is 1. The highest BCUT2D eigenvalue weighted by Gasteiger charge is 2.04. The average molecular weight is 235 g/mol. The monoisotopic (exact) mass is 235 g/mol. The Morgan fingerprint density at radius 1 is 1.41 bits per heavy atom. The van der Waals surface area contributed by atoms with Crippen LogP contribution in [0.4, 0.5) is 16.4 Å². The van der Waals surface area contributed by atoms with Gasteiger partial charge in [0.05, 0.1) is 0 Å². The van der Waals surface area contributed by atoms with E-state index in [0.717, 1.165) is 0 Å². The average Bonchev–Trinajstić information content (AvgIpc) is 2.27. The van der Waals surface area contributed by atoms with Crippen molar-refractivity contribution in [1.82, 2.24) is 15.5 Å². The van der Waals surface area contributed by atoms with Crippen molar-refractivity contribution in [3.63, 3.8) is 0 Å². The molecule has 92 valence electrons. The number of carbonyl (C=O) groups excluding carboxylic acids is 1. The SMILES string of the molecule is C=CCNc1ccc(NC(=O)NC(C)C)nn1.